The summed E-state index contributed by atoms with van der Waals surface area (Å²) in [5, 5.41) is 0. The molecule has 0 saturated carbocycles. The third kappa shape index (κ3) is 4.15. The standard InChI is InChI=1S/C17H19NO4S2/c1-4-9-22-16(20)11(2)18-15(19)14(24-17(18)23)10-12-5-7-13(21-3)8-6-12/h5-8,10-11H,4,9H2,1-3H3/b14-10+/t11-/m0/s1. The van der Waals surface area contributed by atoms with Crippen molar-refractivity contribution in [2.75, 3.05) is 13.7 Å². The fourth-order valence-electron chi connectivity index (χ4n) is 2.09. The second-order valence-corrected chi connectivity index (χ2v) is 6.84. The number of hydrogen-bond donors (Lipinski definition) is 0. The summed E-state index contributed by atoms with van der Waals surface area (Å²) in [7, 11) is 1.60. The molecular formula is C17H19NO4S2. The van der Waals surface area contributed by atoms with E-state index in [9.17, 15) is 9.59 Å². The molecule has 0 N–H and O–H groups in total. The van der Waals surface area contributed by atoms with Crippen LogP contribution in [-0.2, 0) is 14.3 Å². The Hall–Kier alpha value is -1.86. The van der Waals surface area contributed by atoms with Gasteiger partial charge < -0.3 is 9.47 Å². The summed E-state index contributed by atoms with van der Waals surface area (Å²) in [6.07, 6.45) is 2.48. The monoisotopic (exact) mass is 365 g/mol. The Morgan fingerprint density at radius 3 is 2.62 bits per heavy atom. The quantitative estimate of drug-likeness (QED) is 0.438. The van der Waals surface area contributed by atoms with E-state index in [0.717, 1.165) is 17.7 Å². The van der Waals surface area contributed by atoms with Crippen LogP contribution in [0.3, 0.4) is 0 Å². The summed E-state index contributed by atoms with van der Waals surface area (Å²) in [4.78, 5) is 26.4. The number of carbonyl (C=O) groups is 2. The van der Waals surface area contributed by atoms with E-state index < -0.39 is 12.0 Å². The van der Waals surface area contributed by atoms with Crippen LogP contribution in [-0.4, -0.2) is 40.9 Å². The van der Waals surface area contributed by atoms with Crippen molar-refractivity contribution in [2.24, 2.45) is 0 Å². The molecule has 1 aromatic carbocycles. The lowest BCUT2D eigenvalue weighted by Gasteiger charge is -2.21. The van der Waals surface area contributed by atoms with Gasteiger partial charge in [0.05, 0.1) is 18.6 Å². The Labute approximate surface area is 151 Å². The van der Waals surface area contributed by atoms with Gasteiger partial charge in [0, 0.05) is 0 Å². The van der Waals surface area contributed by atoms with Gasteiger partial charge >= 0.3 is 5.97 Å². The minimum atomic E-state index is -0.731. The predicted molar refractivity (Wildman–Crippen MR) is 98.7 cm³/mol. The number of rotatable bonds is 6. The maximum Gasteiger partial charge on any atom is 0.329 e. The first-order valence-electron chi connectivity index (χ1n) is 7.55. The number of esters is 1. The van der Waals surface area contributed by atoms with Gasteiger partial charge in [-0.1, -0.05) is 43.0 Å². The largest absolute Gasteiger partial charge is 0.497 e. The van der Waals surface area contributed by atoms with Crippen molar-refractivity contribution in [3.8, 4) is 5.75 Å². The van der Waals surface area contributed by atoms with E-state index in [1.165, 1.54) is 16.7 Å². The molecule has 1 aromatic rings. The lowest BCUT2D eigenvalue weighted by Crippen LogP contribution is -2.42. The van der Waals surface area contributed by atoms with Crippen molar-refractivity contribution in [3.63, 3.8) is 0 Å². The fourth-order valence-corrected chi connectivity index (χ4v) is 3.51. The second kappa shape index (κ2) is 8.30. The van der Waals surface area contributed by atoms with E-state index in [-0.39, 0.29) is 5.91 Å². The zero-order valence-electron chi connectivity index (χ0n) is 13.8. The van der Waals surface area contributed by atoms with Gasteiger partial charge in [0.2, 0.25) is 0 Å². The third-order valence-corrected chi connectivity index (χ3v) is 4.74. The molecule has 128 valence electrons. The Morgan fingerprint density at radius 2 is 2.04 bits per heavy atom. The highest BCUT2D eigenvalue weighted by Crippen LogP contribution is 2.34. The van der Waals surface area contributed by atoms with Gasteiger partial charge in [-0.2, -0.15) is 0 Å². The number of benzene rings is 1. The first-order chi connectivity index (χ1) is 11.5. The van der Waals surface area contributed by atoms with Gasteiger partial charge in [-0.15, -0.1) is 0 Å². The van der Waals surface area contributed by atoms with E-state index >= 15 is 0 Å². The fraction of sp³-hybridized carbons (Fsp3) is 0.353. The molecule has 0 unspecified atom stereocenters. The number of ether oxygens (including phenoxy) is 2. The molecule has 5 nitrogen and oxygen atoms in total. The van der Waals surface area contributed by atoms with Gasteiger partial charge in [0.15, 0.2) is 0 Å². The zero-order chi connectivity index (χ0) is 17.7. The average molecular weight is 365 g/mol. The van der Waals surface area contributed by atoms with Gasteiger partial charge in [0.1, 0.15) is 16.1 Å². The highest BCUT2D eigenvalue weighted by atomic mass is 32.2. The molecule has 0 aromatic heterocycles. The van der Waals surface area contributed by atoms with E-state index in [1.54, 1.807) is 20.1 Å². The summed E-state index contributed by atoms with van der Waals surface area (Å²) in [6, 6.07) is 6.61. The van der Waals surface area contributed by atoms with Crippen molar-refractivity contribution in [2.45, 2.75) is 26.3 Å². The molecule has 1 fully saturated rings. The molecule has 0 aliphatic carbocycles. The lowest BCUT2D eigenvalue weighted by atomic mass is 10.2. The predicted octanol–water partition coefficient (Wildman–Crippen LogP) is 3.24. The molecule has 2 rings (SSSR count). The first kappa shape index (κ1) is 18.5. The molecule has 1 atom stereocenters. The van der Waals surface area contributed by atoms with Crippen molar-refractivity contribution in [1.82, 2.24) is 4.90 Å². The number of hydrogen-bond acceptors (Lipinski definition) is 6. The molecule has 24 heavy (non-hydrogen) atoms. The van der Waals surface area contributed by atoms with Crippen molar-refractivity contribution >= 4 is 46.3 Å². The zero-order valence-corrected chi connectivity index (χ0v) is 15.4. The number of amides is 1. The highest BCUT2D eigenvalue weighted by Gasteiger charge is 2.38. The molecule has 0 radical (unpaired) electrons. The summed E-state index contributed by atoms with van der Waals surface area (Å²) in [5.74, 6) is 0.0209. The maximum absolute atomic E-state index is 12.6. The van der Waals surface area contributed by atoms with Crippen LogP contribution in [0.4, 0.5) is 0 Å². The average Bonchev–Trinajstić information content (AvgIpc) is 2.86. The van der Waals surface area contributed by atoms with Crippen molar-refractivity contribution in [3.05, 3.63) is 34.7 Å². The van der Waals surface area contributed by atoms with Crippen LogP contribution < -0.4 is 4.74 Å². The Kier molecular flexibility index (Phi) is 6.39. The van der Waals surface area contributed by atoms with E-state index in [0.29, 0.717) is 15.8 Å². The van der Waals surface area contributed by atoms with Crippen LogP contribution in [0.15, 0.2) is 29.2 Å². The molecule has 1 saturated heterocycles. The normalized spacial score (nSPS) is 17.3. The van der Waals surface area contributed by atoms with Gasteiger partial charge in [-0.3, -0.25) is 9.69 Å². The smallest absolute Gasteiger partial charge is 0.329 e. The van der Waals surface area contributed by atoms with E-state index in [2.05, 4.69) is 0 Å². The minimum Gasteiger partial charge on any atom is -0.497 e. The summed E-state index contributed by atoms with van der Waals surface area (Å²) in [5.41, 5.74) is 0.859. The molecule has 1 heterocycles. The Bertz CT molecular complexity index is 670. The van der Waals surface area contributed by atoms with Gasteiger partial charge in [0.25, 0.3) is 5.91 Å². The number of carbonyl (C=O) groups excluding carboxylic acids is 2. The SMILES string of the molecule is CCCOC(=O)[C@H](C)N1C(=O)/C(=C\c2ccc(OC)cc2)SC1=S. The van der Waals surface area contributed by atoms with Crippen molar-refractivity contribution in [1.29, 1.82) is 0 Å². The molecule has 0 spiro atoms. The summed E-state index contributed by atoms with van der Waals surface area (Å²) in [6.45, 7) is 3.87. The van der Waals surface area contributed by atoms with E-state index in [1.807, 2.05) is 31.2 Å². The molecular weight excluding hydrogens is 346 g/mol. The number of nitrogens with zero attached hydrogens (tertiary/aromatic N) is 1. The Balaban J connectivity index is 2.15. The van der Waals surface area contributed by atoms with Crippen LogP contribution in [0.5, 0.6) is 5.75 Å². The molecule has 1 aliphatic heterocycles. The van der Waals surface area contributed by atoms with Gasteiger partial charge in [-0.05, 0) is 37.1 Å². The van der Waals surface area contributed by atoms with Crippen LogP contribution >= 0.6 is 24.0 Å². The number of methoxy groups -OCH3 is 1. The summed E-state index contributed by atoms with van der Waals surface area (Å²) < 4.78 is 10.6. The lowest BCUT2D eigenvalue weighted by molar-refractivity contribution is -0.150. The van der Waals surface area contributed by atoms with Crippen molar-refractivity contribution < 1.29 is 19.1 Å². The maximum atomic E-state index is 12.6. The van der Waals surface area contributed by atoms with Crippen LogP contribution in [0.1, 0.15) is 25.8 Å². The molecule has 1 aliphatic rings. The molecule has 1 amide bonds. The minimum absolute atomic E-state index is 0.276. The van der Waals surface area contributed by atoms with E-state index in [4.69, 9.17) is 21.7 Å². The second-order valence-electron chi connectivity index (χ2n) is 5.17. The van der Waals surface area contributed by atoms with Crippen LogP contribution in [0.2, 0.25) is 0 Å². The topological polar surface area (TPSA) is 55.8 Å². The third-order valence-electron chi connectivity index (χ3n) is 3.41. The number of thioether (sulfide) groups is 1. The summed E-state index contributed by atoms with van der Waals surface area (Å²) >= 11 is 6.44. The van der Waals surface area contributed by atoms with Crippen LogP contribution in [0, 0.1) is 0 Å². The first-order valence-corrected chi connectivity index (χ1v) is 8.78. The number of thiocarbonyl (C=S) groups is 1. The molecule has 7 heteroatoms. The Morgan fingerprint density at radius 1 is 1.38 bits per heavy atom. The highest BCUT2D eigenvalue weighted by molar-refractivity contribution is 8.26. The molecule has 0 bridgehead atoms. The van der Waals surface area contributed by atoms with Crippen LogP contribution in [0.25, 0.3) is 6.08 Å². The van der Waals surface area contributed by atoms with Gasteiger partial charge in [-0.25, -0.2) is 4.79 Å².